The summed E-state index contributed by atoms with van der Waals surface area (Å²) >= 11 is 0. The number of aromatic nitrogens is 3. The normalized spacial score (nSPS) is 11.6. The van der Waals surface area contributed by atoms with Crippen molar-refractivity contribution in [1.82, 2.24) is 19.9 Å². The van der Waals surface area contributed by atoms with Crippen LogP contribution in [0, 0.1) is 6.92 Å². The summed E-state index contributed by atoms with van der Waals surface area (Å²) in [6.07, 6.45) is -2.60. The van der Waals surface area contributed by atoms with Crippen molar-refractivity contribution in [2.24, 2.45) is 0 Å². The zero-order valence-electron chi connectivity index (χ0n) is 15.2. The summed E-state index contributed by atoms with van der Waals surface area (Å²) in [5.74, 6) is 0.00822. The zero-order valence-corrected chi connectivity index (χ0v) is 15.2. The van der Waals surface area contributed by atoms with Crippen LogP contribution in [0.3, 0.4) is 0 Å². The van der Waals surface area contributed by atoms with Gasteiger partial charge in [-0.1, -0.05) is 12.1 Å². The lowest BCUT2D eigenvalue weighted by Gasteiger charge is -2.12. The predicted molar refractivity (Wildman–Crippen MR) is 97.2 cm³/mol. The number of nitrogens with zero attached hydrogens (tertiary/aromatic N) is 3. The van der Waals surface area contributed by atoms with Gasteiger partial charge in [0, 0.05) is 19.3 Å². The first-order chi connectivity index (χ1) is 13.3. The van der Waals surface area contributed by atoms with Crippen LogP contribution in [0.5, 0.6) is 5.88 Å². The lowest BCUT2D eigenvalue weighted by molar-refractivity contribution is -0.154. The van der Waals surface area contributed by atoms with Crippen LogP contribution in [-0.4, -0.2) is 39.8 Å². The molecule has 3 rings (SSSR count). The Bertz CT molecular complexity index is 969. The van der Waals surface area contributed by atoms with Crippen LogP contribution in [0.25, 0.3) is 11.0 Å². The van der Waals surface area contributed by atoms with E-state index in [-0.39, 0.29) is 11.4 Å². The molecule has 0 aliphatic heterocycles. The molecule has 0 spiro atoms. The molecule has 0 saturated carbocycles. The predicted octanol–water partition coefficient (Wildman–Crippen LogP) is 3.50. The highest BCUT2D eigenvalue weighted by atomic mass is 19.4. The molecule has 0 bridgehead atoms. The second-order valence-electron chi connectivity index (χ2n) is 6.17. The standard InChI is InChI=1S/C19H19F3N4O2/c1-13-25-15-7-2-3-8-16(15)26(13)11-5-10-23-17(27)14-6-4-9-24-18(14)28-12-19(20,21)22/h2-4,6-9H,5,10-12H2,1H3,(H,23,27). The third-order valence-corrected chi connectivity index (χ3v) is 4.08. The first-order valence-corrected chi connectivity index (χ1v) is 8.70. The number of ether oxygens (including phenoxy) is 1. The van der Waals surface area contributed by atoms with Crippen molar-refractivity contribution in [3.05, 3.63) is 54.0 Å². The van der Waals surface area contributed by atoms with Gasteiger partial charge in [0.05, 0.1) is 11.0 Å². The molecule has 1 aromatic carbocycles. The van der Waals surface area contributed by atoms with Gasteiger partial charge in [0.2, 0.25) is 5.88 Å². The lowest BCUT2D eigenvalue weighted by Crippen LogP contribution is -2.27. The van der Waals surface area contributed by atoms with Gasteiger partial charge in [0.1, 0.15) is 11.4 Å². The van der Waals surface area contributed by atoms with E-state index < -0.39 is 18.7 Å². The molecule has 1 amide bonds. The van der Waals surface area contributed by atoms with E-state index in [2.05, 4.69) is 24.6 Å². The van der Waals surface area contributed by atoms with Crippen LogP contribution in [0.15, 0.2) is 42.6 Å². The van der Waals surface area contributed by atoms with Crippen LogP contribution < -0.4 is 10.1 Å². The van der Waals surface area contributed by atoms with Crippen molar-refractivity contribution in [1.29, 1.82) is 0 Å². The van der Waals surface area contributed by atoms with Gasteiger partial charge < -0.3 is 14.6 Å². The number of carbonyl (C=O) groups excluding carboxylic acids is 1. The Morgan fingerprint density at radius 2 is 2.00 bits per heavy atom. The number of alkyl halides is 3. The second kappa shape index (κ2) is 8.28. The van der Waals surface area contributed by atoms with Crippen molar-refractivity contribution in [2.75, 3.05) is 13.2 Å². The number of para-hydroxylation sites is 2. The fourth-order valence-corrected chi connectivity index (χ4v) is 2.84. The minimum Gasteiger partial charge on any atom is -0.467 e. The van der Waals surface area contributed by atoms with E-state index >= 15 is 0 Å². The third-order valence-electron chi connectivity index (χ3n) is 4.08. The average molecular weight is 392 g/mol. The molecule has 2 heterocycles. The number of hydrogen-bond acceptors (Lipinski definition) is 4. The fourth-order valence-electron chi connectivity index (χ4n) is 2.84. The number of fused-ring (bicyclic) bond motifs is 1. The van der Waals surface area contributed by atoms with Crippen molar-refractivity contribution in [2.45, 2.75) is 26.1 Å². The monoisotopic (exact) mass is 392 g/mol. The number of carbonyl (C=O) groups is 1. The van der Waals surface area contributed by atoms with Crippen LogP contribution >= 0.6 is 0 Å². The largest absolute Gasteiger partial charge is 0.467 e. The lowest BCUT2D eigenvalue weighted by atomic mass is 10.2. The quantitative estimate of drug-likeness (QED) is 0.625. The van der Waals surface area contributed by atoms with Crippen molar-refractivity contribution >= 4 is 16.9 Å². The molecule has 2 aromatic heterocycles. The van der Waals surface area contributed by atoms with E-state index in [4.69, 9.17) is 0 Å². The second-order valence-corrected chi connectivity index (χ2v) is 6.17. The molecular weight excluding hydrogens is 373 g/mol. The summed E-state index contributed by atoms with van der Waals surface area (Å²) in [5, 5.41) is 2.69. The first kappa shape index (κ1) is 19.7. The minimum absolute atomic E-state index is 0.0315. The Morgan fingerprint density at radius 1 is 1.21 bits per heavy atom. The number of rotatable bonds is 7. The third kappa shape index (κ3) is 4.79. The zero-order chi connectivity index (χ0) is 20.1. The number of imidazole rings is 1. The number of nitrogens with one attached hydrogen (secondary N) is 1. The highest BCUT2D eigenvalue weighted by Gasteiger charge is 2.29. The topological polar surface area (TPSA) is 69.0 Å². The van der Waals surface area contributed by atoms with Crippen molar-refractivity contribution in [3.8, 4) is 5.88 Å². The van der Waals surface area contributed by atoms with E-state index in [0.717, 1.165) is 16.9 Å². The Kier molecular flexibility index (Phi) is 5.81. The van der Waals surface area contributed by atoms with Gasteiger partial charge >= 0.3 is 6.18 Å². The summed E-state index contributed by atoms with van der Waals surface area (Å²) in [5.41, 5.74) is 1.89. The van der Waals surface area contributed by atoms with E-state index in [0.29, 0.717) is 19.5 Å². The van der Waals surface area contributed by atoms with Gasteiger partial charge in [-0.2, -0.15) is 13.2 Å². The van der Waals surface area contributed by atoms with Gasteiger partial charge in [-0.15, -0.1) is 0 Å². The van der Waals surface area contributed by atoms with Crippen LogP contribution in [0.4, 0.5) is 13.2 Å². The summed E-state index contributed by atoms with van der Waals surface area (Å²) < 4.78 is 43.7. The van der Waals surface area contributed by atoms with Crippen molar-refractivity contribution < 1.29 is 22.7 Å². The Hall–Kier alpha value is -3.10. The number of hydrogen-bond donors (Lipinski definition) is 1. The SMILES string of the molecule is Cc1nc2ccccc2n1CCCNC(=O)c1cccnc1OCC(F)(F)F. The minimum atomic E-state index is -4.50. The molecule has 0 atom stereocenters. The molecule has 0 fully saturated rings. The summed E-state index contributed by atoms with van der Waals surface area (Å²) in [4.78, 5) is 20.5. The molecule has 0 aliphatic carbocycles. The van der Waals surface area contributed by atoms with E-state index in [1.54, 1.807) is 0 Å². The van der Waals surface area contributed by atoms with Gasteiger partial charge in [-0.25, -0.2) is 9.97 Å². The maximum Gasteiger partial charge on any atom is 0.422 e. The van der Waals surface area contributed by atoms with E-state index in [9.17, 15) is 18.0 Å². The van der Waals surface area contributed by atoms with Gasteiger partial charge in [-0.3, -0.25) is 4.79 Å². The highest BCUT2D eigenvalue weighted by Crippen LogP contribution is 2.20. The number of pyridine rings is 1. The molecule has 3 aromatic rings. The van der Waals surface area contributed by atoms with E-state index in [1.807, 2.05) is 31.2 Å². The Labute approximate surface area is 159 Å². The van der Waals surface area contributed by atoms with Gasteiger partial charge in [0.15, 0.2) is 6.61 Å². The van der Waals surface area contributed by atoms with Crippen LogP contribution in [0.1, 0.15) is 22.6 Å². The Balaban J connectivity index is 1.57. The summed E-state index contributed by atoms with van der Waals surface area (Å²) in [7, 11) is 0. The van der Waals surface area contributed by atoms with Crippen LogP contribution in [-0.2, 0) is 6.54 Å². The molecule has 148 valence electrons. The molecule has 9 heteroatoms. The number of amides is 1. The average Bonchev–Trinajstić information content (AvgIpc) is 2.98. The highest BCUT2D eigenvalue weighted by molar-refractivity contribution is 5.96. The molecular formula is C19H19F3N4O2. The smallest absolute Gasteiger partial charge is 0.422 e. The molecule has 0 unspecified atom stereocenters. The molecule has 0 saturated heterocycles. The fraction of sp³-hybridized carbons (Fsp3) is 0.316. The molecule has 6 nitrogen and oxygen atoms in total. The molecule has 28 heavy (non-hydrogen) atoms. The van der Waals surface area contributed by atoms with E-state index in [1.165, 1.54) is 18.3 Å². The number of benzene rings is 1. The molecule has 0 radical (unpaired) electrons. The maximum absolute atomic E-state index is 12.3. The van der Waals surface area contributed by atoms with Gasteiger partial charge in [0.25, 0.3) is 5.91 Å². The summed E-state index contributed by atoms with van der Waals surface area (Å²) in [6.45, 7) is 1.41. The first-order valence-electron chi connectivity index (χ1n) is 8.70. The van der Waals surface area contributed by atoms with Crippen LogP contribution in [0.2, 0.25) is 0 Å². The number of halogens is 3. The Morgan fingerprint density at radius 3 is 2.79 bits per heavy atom. The van der Waals surface area contributed by atoms with Crippen molar-refractivity contribution in [3.63, 3.8) is 0 Å². The molecule has 1 N–H and O–H groups in total. The number of aryl methyl sites for hydroxylation is 2. The van der Waals surface area contributed by atoms with Gasteiger partial charge in [-0.05, 0) is 37.6 Å². The molecule has 0 aliphatic rings. The summed E-state index contributed by atoms with van der Waals surface area (Å²) in [6, 6.07) is 10.6. The maximum atomic E-state index is 12.3.